The lowest BCUT2D eigenvalue weighted by Gasteiger charge is -2.13. The van der Waals surface area contributed by atoms with Gasteiger partial charge >= 0.3 is 0 Å². The van der Waals surface area contributed by atoms with E-state index < -0.39 is 0 Å². The van der Waals surface area contributed by atoms with E-state index in [0.717, 1.165) is 43.3 Å². The predicted molar refractivity (Wildman–Crippen MR) is 120 cm³/mol. The first-order valence-electron chi connectivity index (χ1n) is 9.82. The van der Waals surface area contributed by atoms with Crippen LogP contribution in [0.3, 0.4) is 0 Å². The molecular formula is C24H25N3OS. The number of nitrogens with one attached hydrogen (secondary N) is 2. The van der Waals surface area contributed by atoms with E-state index >= 15 is 0 Å². The lowest BCUT2D eigenvalue weighted by atomic mass is 10.1. The lowest BCUT2D eigenvalue weighted by molar-refractivity contribution is -0.121. The van der Waals surface area contributed by atoms with E-state index in [1.165, 1.54) is 5.56 Å². The highest BCUT2D eigenvalue weighted by atomic mass is 32.1. The topological polar surface area (TPSA) is 57.8 Å². The standard InChI is InChI=1S/C24H25N3OS/c1-14-9-11-18(12-10-14)24-27-17(4)23(29-24)16(3)26-22(28)13-20-15(2)25-21-8-6-5-7-19(20)21/h5-12,16,25H,13H2,1-4H3,(H,26,28). The van der Waals surface area contributed by atoms with E-state index in [0.29, 0.717) is 6.42 Å². The summed E-state index contributed by atoms with van der Waals surface area (Å²) in [4.78, 5) is 22.0. The zero-order valence-corrected chi connectivity index (χ0v) is 18.0. The largest absolute Gasteiger partial charge is 0.358 e. The minimum Gasteiger partial charge on any atom is -0.358 e. The summed E-state index contributed by atoms with van der Waals surface area (Å²) in [7, 11) is 0. The van der Waals surface area contributed by atoms with Gasteiger partial charge in [0.15, 0.2) is 0 Å². The summed E-state index contributed by atoms with van der Waals surface area (Å²) in [6, 6.07) is 16.4. The van der Waals surface area contributed by atoms with Gasteiger partial charge in [-0.1, -0.05) is 48.0 Å². The van der Waals surface area contributed by atoms with Crippen LogP contribution in [0, 0.1) is 20.8 Å². The molecule has 5 heteroatoms. The zero-order valence-electron chi connectivity index (χ0n) is 17.2. The highest BCUT2D eigenvalue weighted by Gasteiger charge is 2.19. The summed E-state index contributed by atoms with van der Waals surface area (Å²) in [5.41, 5.74) is 6.50. The molecule has 0 fully saturated rings. The molecule has 0 aliphatic rings. The number of nitrogens with zero attached hydrogens (tertiary/aromatic N) is 1. The highest BCUT2D eigenvalue weighted by Crippen LogP contribution is 2.32. The van der Waals surface area contributed by atoms with Crippen LogP contribution in [0.25, 0.3) is 21.5 Å². The zero-order chi connectivity index (χ0) is 20.5. The molecule has 2 aromatic carbocycles. The van der Waals surface area contributed by atoms with Crippen LogP contribution in [-0.4, -0.2) is 15.9 Å². The van der Waals surface area contributed by atoms with Gasteiger partial charge in [0.2, 0.25) is 5.91 Å². The second kappa shape index (κ2) is 7.84. The molecule has 29 heavy (non-hydrogen) atoms. The molecule has 2 N–H and O–H groups in total. The Hall–Kier alpha value is -2.92. The fourth-order valence-electron chi connectivity index (χ4n) is 3.71. The van der Waals surface area contributed by atoms with Crippen molar-refractivity contribution in [2.24, 2.45) is 0 Å². The summed E-state index contributed by atoms with van der Waals surface area (Å²) in [5, 5.41) is 5.26. The average Bonchev–Trinajstić information content (AvgIpc) is 3.23. The third kappa shape index (κ3) is 3.96. The van der Waals surface area contributed by atoms with Gasteiger partial charge in [0.05, 0.1) is 23.0 Å². The molecule has 0 radical (unpaired) electrons. The number of hydrogen-bond acceptors (Lipinski definition) is 3. The smallest absolute Gasteiger partial charge is 0.225 e. The number of carbonyl (C=O) groups excluding carboxylic acids is 1. The van der Waals surface area contributed by atoms with E-state index in [-0.39, 0.29) is 11.9 Å². The molecule has 4 nitrogen and oxygen atoms in total. The molecule has 1 atom stereocenters. The molecule has 0 aliphatic heterocycles. The van der Waals surface area contributed by atoms with Crippen LogP contribution in [0.1, 0.15) is 40.4 Å². The van der Waals surface area contributed by atoms with Crippen molar-refractivity contribution in [3.63, 3.8) is 0 Å². The lowest BCUT2D eigenvalue weighted by Crippen LogP contribution is -2.28. The normalized spacial score (nSPS) is 12.3. The number of fused-ring (bicyclic) bond motifs is 1. The third-order valence-corrected chi connectivity index (χ3v) is 6.66. The summed E-state index contributed by atoms with van der Waals surface area (Å²) in [5.74, 6) is 0.0232. The van der Waals surface area contributed by atoms with E-state index in [2.05, 4.69) is 47.6 Å². The summed E-state index contributed by atoms with van der Waals surface area (Å²) in [6.45, 7) is 8.14. The van der Waals surface area contributed by atoms with Gasteiger partial charge in [-0.25, -0.2) is 4.98 Å². The van der Waals surface area contributed by atoms with Crippen LogP contribution in [0.5, 0.6) is 0 Å². The van der Waals surface area contributed by atoms with Gasteiger partial charge in [0.25, 0.3) is 0 Å². The number of thiazole rings is 1. The number of benzene rings is 2. The number of aromatic amines is 1. The van der Waals surface area contributed by atoms with Gasteiger partial charge in [-0.05, 0) is 39.3 Å². The molecule has 1 amide bonds. The minimum absolute atomic E-state index is 0.0232. The van der Waals surface area contributed by atoms with Crippen LogP contribution in [0.15, 0.2) is 48.5 Å². The van der Waals surface area contributed by atoms with Crippen molar-refractivity contribution < 1.29 is 4.79 Å². The maximum Gasteiger partial charge on any atom is 0.225 e. The van der Waals surface area contributed by atoms with Crippen molar-refractivity contribution in [2.75, 3.05) is 0 Å². The van der Waals surface area contributed by atoms with Crippen molar-refractivity contribution in [2.45, 2.75) is 40.2 Å². The van der Waals surface area contributed by atoms with Gasteiger partial charge in [-0.15, -0.1) is 11.3 Å². The van der Waals surface area contributed by atoms with Crippen LogP contribution >= 0.6 is 11.3 Å². The van der Waals surface area contributed by atoms with E-state index in [9.17, 15) is 4.79 Å². The van der Waals surface area contributed by atoms with Crippen molar-refractivity contribution in [1.29, 1.82) is 0 Å². The number of aryl methyl sites for hydroxylation is 3. The van der Waals surface area contributed by atoms with Gasteiger partial charge in [0.1, 0.15) is 5.01 Å². The second-order valence-electron chi connectivity index (χ2n) is 7.57. The molecule has 0 saturated carbocycles. The van der Waals surface area contributed by atoms with E-state index in [1.807, 2.05) is 39.0 Å². The Bertz CT molecular complexity index is 1170. The number of rotatable bonds is 5. The molecule has 4 rings (SSSR count). The van der Waals surface area contributed by atoms with Crippen molar-refractivity contribution in [3.05, 3.63) is 75.9 Å². The fraction of sp³-hybridized carbons (Fsp3) is 0.250. The maximum atomic E-state index is 12.8. The van der Waals surface area contributed by atoms with Gasteiger partial charge in [0, 0.05) is 22.2 Å². The number of H-pyrrole nitrogens is 1. The number of aromatic nitrogens is 2. The predicted octanol–water partition coefficient (Wildman–Crippen LogP) is 5.64. The number of amides is 1. The van der Waals surface area contributed by atoms with Gasteiger partial charge in [-0.3, -0.25) is 4.79 Å². The Morgan fingerprint density at radius 2 is 1.83 bits per heavy atom. The second-order valence-corrected chi connectivity index (χ2v) is 8.61. The molecule has 148 valence electrons. The van der Waals surface area contributed by atoms with Crippen LogP contribution < -0.4 is 5.32 Å². The fourth-order valence-corrected chi connectivity index (χ4v) is 4.78. The van der Waals surface area contributed by atoms with Gasteiger partial charge in [-0.2, -0.15) is 0 Å². The first-order chi connectivity index (χ1) is 13.9. The Labute approximate surface area is 175 Å². The van der Waals surface area contributed by atoms with E-state index in [4.69, 9.17) is 4.98 Å². The van der Waals surface area contributed by atoms with Crippen molar-refractivity contribution >= 4 is 28.1 Å². The molecule has 2 aromatic heterocycles. The van der Waals surface area contributed by atoms with E-state index in [1.54, 1.807) is 11.3 Å². The molecule has 2 heterocycles. The molecule has 0 bridgehead atoms. The Morgan fingerprint density at radius 3 is 2.59 bits per heavy atom. The monoisotopic (exact) mass is 403 g/mol. The number of hydrogen-bond donors (Lipinski definition) is 2. The quantitative estimate of drug-likeness (QED) is 0.453. The number of carbonyl (C=O) groups is 1. The molecule has 4 aromatic rings. The average molecular weight is 404 g/mol. The first kappa shape index (κ1) is 19.4. The Morgan fingerprint density at radius 1 is 1.10 bits per heavy atom. The van der Waals surface area contributed by atoms with Crippen LogP contribution in [0.4, 0.5) is 0 Å². The Kier molecular flexibility index (Phi) is 5.24. The first-order valence-corrected chi connectivity index (χ1v) is 10.6. The molecule has 0 spiro atoms. The molecule has 0 saturated heterocycles. The highest BCUT2D eigenvalue weighted by molar-refractivity contribution is 7.15. The third-order valence-electron chi connectivity index (χ3n) is 5.27. The minimum atomic E-state index is -0.0790. The SMILES string of the molecule is Cc1ccc(-c2nc(C)c(C(C)NC(=O)Cc3c(C)[nH]c4ccccc34)s2)cc1. The molecular weight excluding hydrogens is 378 g/mol. The maximum absolute atomic E-state index is 12.8. The van der Waals surface area contributed by atoms with Crippen LogP contribution in [-0.2, 0) is 11.2 Å². The van der Waals surface area contributed by atoms with Crippen molar-refractivity contribution in [1.82, 2.24) is 15.3 Å². The molecule has 1 unspecified atom stereocenters. The Balaban J connectivity index is 1.50. The van der Waals surface area contributed by atoms with Crippen LogP contribution in [0.2, 0.25) is 0 Å². The summed E-state index contributed by atoms with van der Waals surface area (Å²) < 4.78 is 0. The summed E-state index contributed by atoms with van der Waals surface area (Å²) >= 11 is 1.65. The van der Waals surface area contributed by atoms with Crippen molar-refractivity contribution in [3.8, 4) is 10.6 Å². The van der Waals surface area contributed by atoms with Gasteiger partial charge < -0.3 is 10.3 Å². The summed E-state index contributed by atoms with van der Waals surface area (Å²) in [6.07, 6.45) is 0.364. The number of para-hydroxylation sites is 1. The molecule has 0 aliphatic carbocycles.